The minimum Gasteiger partial charge on any atom is -0.257 e. The highest BCUT2D eigenvalue weighted by Gasteiger charge is 2.25. The average Bonchev–Trinajstić information content (AvgIpc) is 2.45. The lowest BCUT2D eigenvalue weighted by molar-refractivity contribution is 0.418. The number of aromatic nitrogens is 1. The maximum atomic E-state index is 12.7. The minimum absolute atomic E-state index is 0.266. The number of rotatable bonds is 5. The Bertz CT molecular complexity index is 732. The highest BCUT2D eigenvalue weighted by atomic mass is 79.9. The Morgan fingerprint density at radius 2 is 1.86 bits per heavy atom. The number of halogens is 1. The van der Waals surface area contributed by atoms with Crippen LogP contribution in [-0.4, -0.2) is 24.3 Å². The average molecular weight is 369 g/mol. The zero-order valence-corrected chi connectivity index (χ0v) is 14.4. The summed E-state index contributed by atoms with van der Waals surface area (Å²) in [6.45, 7) is 4.37. The molecule has 0 aliphatic rings. The zero-order valence-electron chi connectivity index (χ0n) is 12.0. The second kappa shape index (κ2) is 6.68. The van der Waals surface area contributed by atoms with E-state index < -0.39 is 10.0 Å². The minimum atomic E-state index is -3.55. The topological polar surface area (TPSA) is 50.3 Å². The highest BCUT2D eigenvalue weighted by Crippen LogP contribution is 2.25. The van der Waals surface area contributed by atoms with Crippen molar-refractivity contribution >= 4 is 26.0 Å². The molecule has 0 amide bonds. The molecule has 0 radical (unpaired) electrons. The first-order valence-corrected chi connectivity index (χ1v) is 8.85. The maximum absolute atomic E-state index is 12.7. The van der Waals surface area contributed by atoms with E-state index in [1.807, 2.05) is 32.0 Å². The first-order valence-electron chi connectivity index (χ1n) is 6.62. The van der Waals surface area contributed by atoms with Crippen molar-refractivity contribution in [2.45, 2.75) is 25.3 Å². The van der Waals surface area contributed by atoms with Gasteiger partial charge < -0.3 is 0 Å². The summed E-state index contributed by atoms with van der Waals surface area (Å²) in [5.74, 6) is 0. The molecule has 0 saturated heterocycles. The van der Waals surface area contributed by atoms with Crippen molar-refractivity contribution in [2.24, 2.45) is 0 Å². The predicted molar refractivity (Wildman–Crippen MR) is 86.4 cm³/mol. The molecule has 0 fully saturated rings. The molecule has 0 atom stereocenters. The summed E-state index contributed by atoms with van der Waals surface area (Å²) in [6, 6.07) is 12.5. The van der Waals surface area contributed by atoms with Gasteiger partial charge in [0, 0.05) is 16.7 Å². The fourth-order valence-electron chi connectivity index (χ4n) is 2.03. The van der Waals surface area contributed by atoms with Crippen molar-refractivity contribution in [3.8, 4) is 0 Å². The van der Waals surface area contributed by atoms with E-state index in [0.717, 1.165) is 11.4 Å². The van der Waals surface area contributed by atoms with E-state index in [-0.39, 0.29) is 11.4 Å². The van der Waals surface area contributed by atoms with Crippen LogP contribution in [0.2, 0.25) is 0 Å². The lowest BCUT2D eigenvalue weighted by Gasteiger charge is -2.21. The van der Waals surface area contributed by atoms with Gasteiger partial charge in [0.05, 0.1) is 17.1 Å². The number of pyridine rings is 1. The van der Waals surface area contributed by atoms with Crippen LogP contribution >= 0.6 is 15.9 Å². The lowest BCUT2D eigenvalue weighted by Crippen LogP contribution is -2.31. The Morgan fingerprint density at radius 1 is 1.14 bits per heavy atom. The summed E-state index contributed by atoms with van der Waals surface area (Å²) in [6.07, 6.45) is 0. The molecule has 112 valence electrons. The van der Waals surface area contributed by atoms with Crippen LogP contribution in [-0.2, 0) is 16.6 Å². The highest BCUT2D eigenvalue weighted by molar-refractivity contribution is 9.10. The van der Waals surface area contributed by atoms with Crippen LogP contribution in [0.5, 0.6) is 0 Å². The molecule has 0 aliphatic heterocycles. The smallest absolute Gasteiger partial charge is 0.244 e. The summed E-state index contributed by atoms with van der Waals surface area (Å²) in [5.41, 5.74) is 1.62. The van der Waals surface area contributed by atoms with Crippen LogP contribution in [0.25, 0.3) is 0 Å². The van der Waals surface area contributed by atoms with E-state index in [2.05, 4.69) is 20.9 Å². The van der Waals surface area contributed by atoms with Crippen LogP contribution in [0, 0.1) is 6.92 Å². The maximum Gasteiger partial charge on any atom is 0.244 e. The molecule has 21 heavy (non-hydrogen) atoms. The molecular weight excluding hydrogens is 352 g/mol. The fraction of sp³-hybridized carbons (Fsp3) is 0.267. The summed E-state index contributed by atoms with van der Waals surface area (Å²) in [7, 11) is -3.55. The van der Waals surface area contributed by atoms with Gasteiger partial charge >= 0.3 is 0 Å². The van der Waals surface area contributed by atoms with Crippen LogP contribution in [0.3, 0.4) is 0 Å². The number of benzene rings is 1. The van der Waals surface area contributed by atoms with Gasteiger partial charge in [-0.15, -0.1) is 0 Å². The summed E-state index contributed by atoms with van der Waals surface area (Å²) in [5, 5.41) is 0. The Balaban J connectivity index is 2.35. The van der Waals surface area contributed by atoms with Crippen molar-refractivity contribution in [3.63, 3.8) is 0 Å². The van der Waals surface area contributed by atoms with Crippen molar-refractivity contribution in [1.29, 1.82) is 0 Å². The number of hydrogen-bond donors (Lipinski definition) is 0. The second-order valence-electron chi connectivity index (χ2n) is 4.63. The third-order valence-corrected chi connectivity index (χ3v) is 6.02. The molecule has 0 unspecified atom stereocenters. The molecule has 6 heteroatoms. The number of sulfonamides is 1. The molecule has 2 aromatic rings. The predicted octanol–water partition coefficient (Wildman–Crippen LogP) is 3.36. The number of aryl methyl sites for hydroxylation is 1. The van der Waals surface area contributed by atoms with E-state index in [9.17, 15) is 8.42 Å². The first kappa shape index (κ1) is 16.1. The molecule has 1 aromatic carbocycles. The van der Waals surface area contributed by atoms with Gasteiger partial charge in [-0.2, -0.15) is 4.31 Å². The quantitative estimate of drug-likeness (QED) is 0.812. The third kappa shape index (κ3) is 3.70. The molecule has 0 saturated carbocycles. The van der Waals surface area contributed by atoms with Gasteiger partial charge in [-0.05, 0) is 47.1 Å². The van der Waals surface area contributed by atoms with E-state index in [1.54, 1.807) is 24.3 Å². The largest absolute Gasteiger partial charge is 0.257 e. The second-order valence-corrected chi connectivity index (χ2v) is 7.39. The Labute approximate surface area is 134 Å². The molecule has 0 bridgehead atoms. The SMILES string of the molecule is CCN(Cc1cccc(C)n1)S(=O)(=O)c1ccccc1Br. The van der Waals surface area contributed by atoms with Gasteiger partial charge in [-0.25, -0.2) is 8.42 Å². The molecule has 0 spiro atoms. The van der Waals surface area contributed by atoms with E-state index in [1.165, 1.54) is 4.31 Å². The summed E-state index contributed by atoms with van der Waals surface area (Å²) in [4.78, 5) is 4.65. The van der Waals surface area contributed by atoms with Crippen LogP contribution in [0.4, 0.5) is 0 Å². The van der Waals surface area contributed by atoms with Crippen LogP contribution in [0.15, 0.2) is 51.8 Å². The summed E-state index contributed by atoms with van der Waals surface area (Å²) >= 11 is 3.31. The third-order valence-electron chi connectivity index (χ3n) is 3.09. The lowest BCUT2D eigenvalue weighted by atomic mass is 10.3. The van der Waals surface area contributed by atoms with Crippen molar-refractivity contribution in [1.82, 2.24) is 9.29 Å². The number of hydrogen-bond acceptors (Lipinski definition) is 3. The van der Waals surface area contributed by atoms with Gasteiger partial charge in [0.15, 0.2) is 0 Å². The van der Waals surface area contributed by atoms with Gasteiger partial charge in [-0.1, -0.05) is 25.1 Å². The van der Waals surface area contributed by atoms with E-state index >= 15 is 0 Å². The Kier molecular flexibility index (Phi) is 5.13. The molecule has 4 nitrogen and oxygen atoms in total. The van der Waals surface area contributed by atoms with E-state index in [0.29, 0.717) is 11.0 Å². The van der Waals surface area contributed by atoms with E-state index in [4.69, 9.17) is 0 Å². The van der Waals surface area contributed by atoms with Crippen molar-refractivity contribution in [2.75, 3.05) is 6.54 Å². The molecule has 1 heterocycles. The molecular formula is C15H17BrN2O2S. The monoisotopic (exact) mass is 368 g/mol. The summed E-state index contributed by atoms with van der Waals surface area (Å²) < 4.78 is 27.5. The Hall–Kier alpha value is -1.24. The molecule has 2 rings (SSSR count). The van der Waals surface area contributed by atoms with Gasteiger partial charge in [0.25, 0.3) is 0 Å². The molecule has 1 aromatic heterocycles. The molecule has 0 N–H and O–H groups in total. The van der Waals surface area contributed by atoms with Gasteiger partial charge in [0.1, 0.15) is 0 Å². The fourth-order valence-corrected chi connectivity index (χ4v) is 4.41. The standard InChI is InChI=1S/C15H17BrN2O2S/c1-3-18(11-13-8-6-7-12(2)17-13)21(19,20)15-10-5-4-9-14(15)16/h4-10H,3,11H2,1-2H3. The first-order chi connectivity index (χ1) is 9.95. The number of nitrogens with zero attached hydrogens (tertiary/aromatic N) is 2. The Morgan fingerprint density at radius 3 is 2.48 bits per heavy atom. The van der Waals surface area contributed by atoms with Crippen LogP contribution in [0.1, 0.15) is 18.3 Å². The van der Waals surface area contributed by atoms with Gasteiger partial charge in [0.2, 0.25) is 10.0 Å². The van der Waals surface area contributed by atoms with Crippen molar-refractivity contribution in [3.05, 3.63) is 58.3 Å². The normalized spacial score (nSPS) is 11.8. The zero-order chi connectivity index (χ0) is 15.5. The van der Waals surface area contributed by atoms with Crippen molar-refractivity contribution < 1.29 is 8.42 Å². The molecule has 0 aliphatic carbocycles. The van der Waals surface area contributed by atoms with Gasteiger partial charge in [-0.3, -0.25) is 4.98 Å². The van der Waals surface area contributed by atoms with Crippen LogP contribution < -0.4 is 0 Å².